The fourth-order valence-electron chi connectivity index (χ4n) is 1.74. The second-order valence-electron chi connectivity index (χ2n) is 4.87. The summed E-state index contributed by atoms with van der Waals surface area (Å²) >= 11 is 4.84. The minimum absolute atomic E-state index is 0.120. The van der Waals surface area contributed by atoms with Crippen molar-refractivity contribution in [2.75, 3.05) is 13.1 Å². The van der Waals surface area contributed by atoms with E-state index in [2.05, 4.69) is 0 Å². The number of benzene rings is 1. The molecular weight excluding hydrogens is 263 g/mol. The molecule has 2 N–H and O–H groups in total. The summed E-state index contributed by atoms with van der Waals surface area (Å²) in [5, 5.41) is 0. The molecule has 0 radical (unpaired) electrons. The van der Waals surface area contributed by atoms with Gasteiger partial charge in [0.2, 0.25) is 0 Å². The van der Waals surface area contributed by atoms with Gasteiger partial charge in [-0.05, 0) is 30.2 Å². The standard InChI is InChI=1S/C14H19FN2OS/c1-10(2)9-17(8-7-13(16)19)14(18)11-3-5-12(15)6-4-11/h3-6,10H,7-9H2,1-2H3,(H2,16,19). The van der Waals surface area contributed by atoms with Crippen molar-refractivity contribution in [2.45, 2.75) is 20.3 Å². The molecule has 0 unspecified atom stereocenters. The number of carbonyl (C=O) groups is 1. The molecule has 0 aliphatic rings. The predicted molar refractivity (Wildman–Crippen MR) is 78.5 cm³/mol. The normalized spacial score (nSPS) is 10.5. The monoisotopic (exact) mass is 282 g/mol. The molecule has 0 bridgehead atoms. The lowest BCUT2D eigenvalue weighted by Gasteiger charge is -2.24. The number of hydrogen-bond acceptors (Lipinski definition) is 2. The van der Waals surface area contributed by atoms with Gasteiger partial charge in [0.15, 0.2) is 0 Å². The molecule has 5 heteroatoms. The van der Waals surface area contributed by atoms with Crippen LogP contribution in [0.1, 0.15) is 30.6 Å². The first-order chi connectivity index (χ1) is 8.90. The van der Waals surface area contributed by atoms with E-state index in [1.54, 1.807) is 4.90 Å². The molecule has 19 heavy (non-hydrogen) atoms. The number of thiocarbonyl (C=S) groups is 1. The van der Waals surface area contributed by atoms with Crippen LogP contribution in [0, 0.1) is 11.7 Å². The minimum atomic E-state index is -0.352. The molecule has 0 fully saturated rings. The molecule has 0 atom stereocenters. The van der Waals surface area contributed by atoms with Gasteiger partial charge >= 0.3 is 0 Å². The summed E-state index contributed by atoms with van der Waals surface area (Å²) in [6.45, 7) is 5.18. The maximum atomic E-state index is 12.9. The average Bonchev–Trinajstić information content (AvgIpc) is 2.34. The van der Waals surface area contributed by atoms with Crippen LogP contribution in [-0.4, -0.2) is 28.9 Å². The van der Waals surface area contributed by atoms with Crippen molar-refractivity contribution in [3.63, 3.8) is 0 Å². The Bertz CT molecular complexity index is 445. The predicted octanol–water partition coefficient (Wildman–Crippen LogP) is 2.60. The summed E-state index contributed by atoms with van der Waals surface area (Å²) in [5.41, 5.74) is 5.95. The minimum Gasteiger partial charge on any atom is -0.393 e. The van der Waals surface area contributed by atoms with Crippen molar-refractivity contribution in [2.24, 2.45) is 11.7 Å². The van der Waals surface area contributed by atoms with Gasteiger partial charge in [0.25, 0.3) is 5.91 Å². The molecule has 104 valence electrons. The summed E-state index contributed by atoms with van der Waals surface area (Å²) < 4.78 is 12.9. The Morgan fingerprint density at radius 1 is 1.37 bits per heavy atom. The molecule has 0 spiro atoms. The van der Waals surface area contributed by atoms with E-state index in [1.807, 2.05) is 13.8 Å². The lowest BCUT2D eigenvalue weighted by molar-refractivity contribution is 0.0741. The first-order valence-corrected chi connectivity index (χ1v) is 6.64. The summed E-state index contributed by atoms with van der Waals surface area (Å²) in [4.78, 5) is 14.4. The van der Waals surface area contributed by atoms with Gasteiger partial charge in [-0.15, -0.1) is 0 Å². The average molecular weight is 282 g/mol. The summed E-state index contributed by atoms with van der Waals surface area (Å²) in [6.07, 6.45) is 0.495. The summed E-state index contributed by atoms with van der Waals surface area (Å²) in [7, 11) is 0. The second kappa shape index (κ2) is 7.19. The van der Waals surface area contributed by atoms with E-state index in [0.717, 1.165) is 0 Å². The Morgan fingerprint density at radius 2 is 1.95 bits per heavy atom. The number of nitrogens with zero attached hydrogens (tertiary/aromatic N) is 1. The SMILES string of the molecule is CC(C)CN(CCC(N)=S)C(=O)c1ccc(F)cc1. The Morgan fingerprint density at radius 3 is 2.42 bits per heavy atom. The number of nitrogens with two attached hydrogens (primary N) is 1. The van der Waals surface area contributed by atoms with Crippen molar-refractivity contribution in [3.05, 3.63) is 35.6 Å². The molecule has 0 aromatic heterocycles. The van der Waals surface area contributed by atoms with Crippen LogP contribution in [0.2, 0.25) is 0 Å². The van der Waals surface area contributed by atoms with Crippen LogP contribution in [0.25, 0.3) is 0 Å². The third-order valence-corrected chi connectivity index (χ3v) is 2.80. The molecule has 0 saturated heterocycles. The van der Waals surface area contributed by atoms with Gasteiger partial charge in [0.05, 0.1) is 4.99 Å². The Hall–Kier alpha value is -1.49. The molecular formula is C14H19FN2OS. The van der Waals surface area contributed by atoms with Crippen molar-refractivity contribution in [1.82, 2.24) is 4.90 Å². The van der Waals surface area contributed by atoms with Gasteiger partial charge in [0, 0.05) is 25.1 Å². The Labute approximate surface area is 118 Å². The quantitative estimate of drug-likeness (QED) is 0.816. The van der Waals surface area contributed by atoms with Crippen molar-refractivity contribution >= 4 is 23.1 Å². The van der Waals surface area contributed by atoms with Gasteiger partial charge in [-0.1, -0.05) is 26.1 Å². The van der Waals surface area contributed by atoms with E-state index in [1.165, 1.54) is 24.3 Å². The first kappa shape index (κ1) is 15.6. The van der Waals surface area contributed by atoms with E-state index in [0.29, 0.717) is 36.0 Å². The number of hydrogen-bond donors (Lipinski definition) is 1. The van der Waals surface area contributed by atoms with Crippen LogP contribution >= 0.6 is 12.2 Å². The maximum absolute atomic E-state index is 12.9. The number of amides is 1. The Balaban J connectivity index is 2.80. The number of carbonyl (C=O) groups excluding carboxylic acids is 1. The zero-order chi connectivity index (χ0) is 14.4. The van der Waals surface area contributed by atoms with Gasteiger partial charge in [-0.3, -0.25) is 4.79 Å². The van der Waals surface area contributed by atoms with Crippen LogP contribution < -0.4 is 5.73 Å². The van der Waals surface area contributed by atoms with E-state index in [-0.39, 0.29) is 11.7 Å². The largest absolute Gasteiger partial charge is 0.393 e. The highest BCUT2D eigenvalue weighted by atomic mass is 32.1. The summed E-state index contributed by atoms with van der Waals surface area (Å²) in [6, 6.07) is 5.56. The fraction of sp³-hybridized carbons (Fsp3) is 0.429. The van der Waals surface area contributed by atoms with E-state index >= 15 is 0 Å². The van der Waals surface area contributed by atoms with E-state index < -0.39 is 0 Å². The van der Waals surface area contributed by atoms with Gasteiger partial charge in [0.1, 0.15) is 5.82 Å². The molecule has 1 aromatic carbocycles. The molecule has 0 heterocycles. The second-order valence-corrected chi connectivity index (χ2v) is 5.39. The van der Waals surface area contributed by atoms with Crippen LogP contribution in [-0.2, 0) is 0 Å². The topological polar surface area (TPSA) is 46.3 Å². The van der Waals surface area contributed by atoms with Crippen molar-refractivity contribution in [1.29, 1.82) is 0 Å². The lowest BCUT2D eigenvalue weighted by Crippen LogP contribution is -2.36. The molecule has 1 rings (SSSR count). The van der Waals surface area contributed by atoms with Crippen LogP contribution in [0.3, 0.4) is 0 Å². The van der Waals surface area contributed by atoms with E-state index in [4.69, 9.17) is 18.0 Å². The molecule has 0 aliphatic heterocycles. The number of rotatable bonds is 6. The summed E-state index contributed by atoms with van der Waals surface area (Å²) in [5.74, 6) is -0.129. The fourth-order valence-corrected chi connectivity index (χ4v) is 1.83. The molecule has 0 aliphatic carbocycles. The molecule has 3 nitrogen and oxygen atoms in total. The highest BCUT2D eigenvalue weighted by molar-refractivity contribution is 7.80. The van der Waals surface area contributed by atoms with E-state index in [9.17, 15) is 9.18 Å². The van der Waals surface area contributed by atoms with Gasteiger partial charge in [-0.2, -0.15) is 0 Å². The highest BCUT2D eigenvalue weighted by Gasteiger charge is 2.16. The molecule has 1 amide bonds. The van der Waals surface area contributed by atoms with Crippen LogP contribution in [0.4, 0.5) is 4.39 Å². The first-order valence-electron chi connectivity index (χ1n) is 6.23. The number of halogens is 1. The van der Waals surface area contributed by atoms with Crippen molar-refractivity contribution in [3.8, 4) is 0 Å². The lowest BCUT2D eigenvalue weighted by atomic mass is 10.1. The zero-order valence-corrected chi connectivity index (χ0v) is 12.0. The third kappa shape index (κ3) is 5.34. The molecule has 1 aromatic rings. The smallest absolute Gasteiger partial charge is 0.253 e. The van der Waals surface area contributed by atoms with Gasteiger partial charge < -0.3 is 10.6 Å². The van der Waals surface area contributed by atoms with Crippen LogP contribution in [0.15, 0.2) is 24.3 Å². The zero-order valence-electron chi connectivity index (χ0n) is 11.2. The third-order valence-electron chi connectivity index (χ3n) is 2.59. The maximum Gasteiger partial charge on any atom is 0.253 e. The molecule has 0 saturated carbocycles. The van der Waals surface area contributed by atoms with Crippen LogP contribution in [0.5, 0.6) is 0 Å². The van der Waals surface area contributed by atoms with Crippen molar-refractivity contribution < 1.29 is 9.18 Å². The highest BCUT2D eigenvalue weighted by Crippen LogP contribution is 2.09. The van der Waals surface area contributed by atoms with Gasteiger partial charge in [-0.25, -0.2) is 4.39 Å². The Kier molecular flexibility index (Phi) is 5.89.